The lowest BCUT2D eigenvalue weighted by Crippen LogP contribution is -2.30. The van der Waals surface area contributed by atoms with E-state index in [0.29, 0.717) is 5.56 Å². The second-order valence-electron chi connectivity index (χ2n) is 6.82. The van der Waals surface area contributed by atoms with Gasteiger partial charge in [0, 0.05) is 30.4 Å². The van der Waals surface area contributed by atoms with Gasteiger partial charge in [-0.3, -0.25) is 9.78 Å². The van der Waals surface area contributed by atoms with Crippen molar-refractivity contribution in [2.24, 2.45) is 0 Å². The van der Waals surface area contributed by atoms with Crippen LogP contribution in [0.1, 0.15) is 28.9 Å². The van der Waals surface area contributed by atoms with Crippen molar-refractivity contribution in [3.05, 3.63) is 96.3 Å². The zero-order valence-electron chi connectivity index (χ0n) is 15.9. The van der Waals surface area contributed by atoms with Gasteiger partial charge >= 0.3 is 0 Å². The van der Waals surface area contributed by atoms with E-state index < -0.39 is 0 Å². The third kappa shape index (κ3) is 3.37. The van der Waals surface area contributed by atoms with Crippen LogP contribution in [0.4, 0.5) is 0 Å². The number of nitrogens with zero attached hydrogens (tertiary/aromatic N) is 3. The Morgan fingerprint density at radius 3 is 2.36 bits per heavy atom. The second kappa shape index (κ2) is 7.61. The Labute approximate surface area is 164 Å². The maximum absolute atomic E-state index is 13.4. The van der Waals surface area contributed by atoms with E-state index in [1.807, 2.05) is 86.8 Å². The molecule has 0 spiro atoms. The summed E-state index contributed by atoms with van der Waals surface area (Å²) >= 11 is 0. The molecule has 1 atom stereocenters. The van der Waals surface area contributed by atoms with E-state index in [0.717, 1.165) is 27.7 Å². The van der Waals surface area contributed by atoms with Crippen LogP contribution in [0, 0.1) is 0 Å². The van der Waals surface area contributed by atoms with Crippen LogP contribution >= 0.6 is 0 Å². The Kier molecular flexibility index (Phi) is 4.85. The monoisotopic (exact) mass is 367 g/mol. The normalized spacial score (nSPS) is 11.9. The summed E-state index contributed by atoms with van der Waals surface area (Å²) in [5, 5.41) is 0.763. The fourth-order valence-electron chi connectivity index (χ4n) is 3.32. The molecule has 4 rings (SSSR count). The van der Waals surface area contributed by atoms with E-state index in [-0.39, 0.29) is 11.9 Å². The van der Waals surface area contributed by atoms with E-state index in [4.69, 9.17) is 4.98 Å². The number of pyridine rings is 2. The number of carbonyl (C=O) groups is 1. The summed E-state index contributed by atoms with van der Waals surface area (Å²) in [6.07, 6.45) is 3.42. The maximum Gasteiger partial charge on any atom is 0.254 e. The standard InChI is InChI=1S/C24H21N3O/c1-17(18-9-5-3-6-10-18)27(2)24(28)20-15-23(19-11-7-4-8-12-19)26-22-13-14-25-16-21(20)22/h3-17H,1-2H3. The van der Waals surface area contributed by atoms with Crippen LogP contribution in [0.3, 0.4) is 0 Å². The van der Waals surface area contributed by atoms with Crippen molar-refractivity contribution in [2.75, 3.05) is 7.05 Å². The van der Waals surface area contributed by atoms with Crippen molar-refractivity contribution in [1.29, 1.82) is 0 Å². The van der Waals surface area contributed by atoms with Gasteiger partial charge in [0.25, 0.3) is 5.91 Å². The minimum atomic E-state index is -0.0474. The van der Waals surface area contributed by atoms with Gasteiger partial charge in [0.1, 0.15) is 0 Å². The van der Waals surface area contributed by atoms with Gasteiger partial charge in [-0.15, -0.1) is 0 Å². The number of carbonyl (C=O) groups excluding carboxylic acids is 1. The topological polar surface area (TPSA) is 46.1 Å². The highest BCUT2D eigenvalue weighted by molar-refractivity contribution is 6.07. The van der Waals surface area contributed by atoms with E-state index in [9.17, 15) is 4.79 Å². The molecule has 0 N–H and O–H groups in total. The van der Waals surface area contributed by atoms with Gasteiger partial charge in [-0.25, -0.2) is 4.98 Å². The number of hydrogen-bond acceptors (Lipinski definition) is 3. The van der Waals surface area contributed by atoms with Crippen molar-refractivity contribution < 1.29 is 4.79 Å². The largest absolute Gasteiger partial charge is 0.335 e. The summed E-state index contributed by atoms with van der Waals surface area (Å²) in [4.78, 5) is 24.1. The minimum Gasteiger partial charge on any atom is -0.335 e. The predicted octanol–water partition coefficient (Wildman–Crippen LogP) is 5.13. The highest BCUT2D eigenvalue weighted by Crippen LogP contribution is 2.27. The zero-order chi connectivity index (χ0) is 19.5. The number of amides is 1. The summed E-state index contributed by atoms with van der Waals surface area (Å²) in [6.45, 7) is 2.03. The SMILES string of the molecule is CC(c1ccccc1)N(C)C(=O)c1cc(-c2ccccc2)nc2ccncc12. The average Bonchev–Trinajstić information content (AvgIpc) is 2.78. The lowest BCUT2D eigenvalue weighted by Gasteiger charge is -2.26. The van der Waals surface area contributed by atoms with E-state index in [1.165, 1.54) is 0 Å². The van der Waals surface area contributed by atoms with Gasteiger partial charge in [-0.1, -0.05) is 60.7 Å². The zero-order valence-corrected chi connectivity index (χ0v) is 15.9. The fourth-order valence-corrected chi connectivity index (χ4v) is 3.32. The van der Waals surface area contributed by atoms with Crippen LogP contribution in [0.2, 0.25) is 0 Å². The third-order valence-corrected chi connectivity index (χ3v) is 5.09. The summed E-state index contributed by atoms with van der Waals surface area (Å²) < 4.78 is 0. The Hall–Kier alpha value is -3.53. The molecule has 2 aromatic heterocycles. The minimum absolute atomic E-state index is 0.0473. The number of benzene rings is 2. The molecule has 138 valence electrons. The molecule has 1 unspecified atom stereocenters. The van der Waals surface area contributed by atoms with Crippen LogP contribution in [0.25, 0.3) is 22.2 Å². The highest BCUT2D eigenvalue weighted by atomic mass is 16.2. The molecule has 0 saturated carbocycles. The van der Waals surface area contributed by atoms with Gasteiger partial charge in [-0.05, 0) is 24.6 Å². The van der Waals surface area contributed by atoms with E-state index >= 15 is 0 Å². The molecule has 4 heteroatoms. The van der Waals surface area contributed by atoms with Crippen LogP contribution < -0.4 is 0 Å². The Morgan fingerprint density at radius 2 is 1.64 bits per heavy atom. The Bertz CT molecular complexity index is 1110. The molecular weight excluding hydrogens is 346 g/mol. The first-order chi connectivity index (χ1) is 13.6. The Morgan fingerprint density at radius 1 is 0.964 bits per heavy atom. The van der Waals surface area contributed by atoms with Crippen LogP contribution in [0.15, 0.2) is 85.2 Å². The fraction of sp³-hybridized carbons (Fsp3) is 0.125. The first-order valence-corrected chi connectivity index (χ1v) is 9.27. The summed E-state index contributed by atoms with van der Waals surface area (Å²) in [5.41, 5.74) is 4.23. The van der Waals surface area contributed by atoms with Gasteiger partial charge in [0.05, 0.1) is 22.8 Å². The molecule has 1 amide bonds. The lowest BCUT2D eigenvalue weighted by atomic mass is 10.0. The van der Waals surface area contributed by atoms with Crippen molar-refractivity contribution in [3.63, 3.8) is 0 Å². The maximum atomic E-state index is 13.4. The molecule has 4 aromatic rings. The van der Waals surface area contributed by atoms with Crippen molar-refractivity contribution in [3.8, 4) is 11.3 Å². The average molecular weight is 367 g/mol. The van der Waals surface area contributed by atoms with Crippen molar-refractivity contribution >= 4 is 16.8 Å². The molecule has 0 radical (unpaired) electrons. The molecule has 0 fully saturated rings. The third-order valence-electron chi connectivity index (χ3n) is 5.09. The molecular formula is C24H21N3O. The van der Waals surface area contributed by atoms with Crippen molar-refractivity contribution in [2.45, 2.75) is 13.0 Å². The van der Waals surface area contributed by atoms with Crippen molar-refractivity contribution in [1.82, 2.24) is 14.9 Å². The van der Waals surface area contributed by atoms with Gasteiger partial charge in [0.15, 0.2) is 0 Å². The summed E-state index contributed by atoms with van der Waals surface area (Å²) in [5.74, 6) is -0.0473. The molecule has 0 saturated heterocycles. The van der Waals surface area contributed by atoms with Crippen LogP contribution in [-0.4, -0.2) is 27.8 Å². The van der Waals surface area contributed by atoms with Gasteiger partial charge < -0.3 is 4.90 Å². The molecule has 2 heterocycles. The number of hydrogen-bond donors (Lipinski definition) is 0. The summed E-state index contributed by atoms with van der Waals surface area (Å²) in [6, 6.07) is 23.6. The number of aromatic nitrogens is 2. The lowest BCUT2D eigenvalue weighted by molar-refractivity contribution is 0.0744. The molecule has 0 bridgehead atoms. The van der Waals surface area contributed by atoms with Gasteiger partial charge in [-0.2, -0.15) is 0 Å². The first-order valence-electron chi connectivity index (χ1n) is 9.27. The molecule has 0 aliphatic carbocycles. The van der Waals surface area contributed by atoms with Crippen LogP contribution in [0.5, 0.6) is 0 Å². The molecule has 28 heavy (non-hydrogen) atoms. The van der Waals surface area contributed by atoms with Gasteiger partial charge in [0.2, 0.25) is 0 Å². The Balaban J connectivity index is 1.79. The number of rotatable bonds is 4. The molecule has 0 aliphatic rings. The first kappa shape index (κ1) is 17.9. The second-order valence-corrected chi connectivity index (χ2v) is 6.82. The van der Waals surface area contributed by atoms with E-state index in [1.54, 1.807) is 17.3 Å². The van der Waals surface area contributed by atoms with E-state index in [2.05, 4.69) is 4.98 Å². The molecule has 0 aliphatic heterocycles. The highest BCUT2D eigenvalue weighted by Gasteiger charge is 2.22. The smallest absolute Gasteiger partial charge is 0.254 e. The molecule has 2 aromatic carbocycles. The van der Waals surface area contributed by atoms with Crippen LogP contribution in [-0.2, 0) is 0 Å². The quantitative estimate of drug-likeness (QED) is 0.502. The summed E-state index contributed by atoms with van der Waals surface area (Å²) in [7, 11) is 1.84. The number of fused-ring (bicyclic) bond motifs is 1. The molecule has 4 nitrogen and oxygen atoms in total. The predicted molar refractivity (Wildman–Crippen MR) is 112 cm³/mol.